The van der Waals surface area contributed by atoms with Crippen molar-refractivity contribution in [3.05, 3.63) is 53.9 Å². The number of hydrogen-bond donors (Lipinski definition) is 1. The Labute approximate surface area is 177 Å². The second-order valence-electron chi connectivity index (χ2n) is 6.75. The minimum atomic E-state index is 0.603. The van der Waals surface area contributed by atoms with Crippen LogP contribution in [0.3, 0.4) is 0 Å². The van der Waals surface area contributed by atoms with Gasteiger partial charge in [0.15, 0.2) is 11.4 Å². The smallest absolute Gasteiger partial charge is 0.191 e. The summed E-state index contributed by atoms with van der Waals surface area (Å²) in [4.78, 5) is 0.825. The van der Waals surface area contributed by atoms with Crippen LogP contribution >= 0.6 is 11.9 Å². The molecule has 0 unspecified atom stereocenters. The summed E-state index contributed by atoms with van der Waals surface area (Å²) in [6, 6.07) is 9.59. The maximum atomic E-state index is 5.98. The number of nitrogens with one attached hydrogen (secondary N) is 1. The van der Waals surface area contributed by atoms with E-state index in [4.69, 9.17) is 18.7 Å². The second-order valence-corrected chi connectivity index (χ2v) is 7.56. The van der Waals surface area contributed by atoms with Crippen LogP contribution < -0.4 is 18.9 Å². The van der Waals surface area contributed by atoms with Crippen LogP contribution in [0.5, 0.6) is 17.2 Å². The number of nitrogens with zero attached hydrogens (tertiary/aromatic N) is 3. The number of aromatic nitrogens is 3. The first-order chi connectivity index (χ1) is 14.8. The van der Waals surface area contributed by atoms with Gasteiger partial charge >= 0.3 is 0 Å². The summed E-state index contributed by atoms with van der Waals surface area (Å²) in [6.07, 6.45) is 4.56. The molecule has 2 aromatic heterocycles. The first-order valence-electron chi connectivity index (χ1n) is 9.46. The third-order valence-electron chi connectivity index (χ3n) is 5.03. The molecule has 0 aliphatic carbocycles. The largest absolute Gasteiger partial charge is 0.495 e. The minimum absolute atomic E-state index is 0.603. The van der Waals surface area contributed by atoms with E-state index in [1.54, 1.807) is 20.4 Å². The quantitative estimate of drug-likeness (QED) is 0.443. The van der Waals surface area contributed by atoms with Crippen LogP contribution in [0.4, 0.5) is 5.82 Å². The Kier molecular flexibility index (Phi) is 4.88. The summed E-state index contributed by atoms with van der Waals surface area (Å²) in [5, 5.41) is 9.39. The standard InChI is InChI=1S/C21H20N4O4S/c1-26-15-5-3-6-16(27-2)20(15)30-24-21-18-17(29-23-21)11-13(12-25-9-4-8-22-25)14-7-10-28-19(14)18/h3-6,8-9,11H,7,10,12H2,1-2H3,(H,23,24). The van der Waals surface area contributed by atoms with Crippen molar-refractivity contribution in [2.24, 2.45) is 0 Å². The van der Waals surface area contributed by atoms with E-state index in [2.05, 4.69) is 15.0 Å². The third-order valence-corrected chi connectivity index (χ3v) is 5.94. The van der Waals surface area contributed by atoms with E-state index >= 15 is 0 Å². The molecule has 0 saturated carbocycles. The predicted molar refractivity (Wildman–Crippen MR) is 114 cm³/mol. The highest BCUT2D eigenvalue weighted by Gasteiger charge is 2.26. The van der Waals surface area contributed by atoms with Crippen LogP contribution in [-0.4, -0.2) is 35.8 Å². The van der Waals surface area contributed by atoms with Gasteiger partial charge in [-0.15, -0.1) is 0 Å². The molecule has 3 heterocycles. The molecule has 4 aromatic rings. The van der Waals surface area contributed by atoms with E-state index in [1.807, 2.05) is 41.2 Å². The molecule has 1 N–H and O–H groups in total. The molecule has 8 nitrogen and oxygen atoms in total. The Morgan fingerprint density at radius 2 is 2.03 bits per heavy atom. The Hall–Kier alpha value is -3.33. The van der Waals surface area contributed by atoms with Gasteiger partial charge in [0.1, 0.15) is 27.5 Å². The van der Waals surface area contributed by atoms with Gasteiger partial charge in [-0.3, -0.25) is 4.68 Å². The molecule has 5 rings (SSSR count). The van der Waals surface area contributed by atoms with Crippen LogP contribution in [0.25, 0.3) is 11.0 Å². The number of fused-ring (bicyclic) bond motifs is 3. The lowest BCUT2D eigenvalue weighted by atomic mass is 10.0. The van der Waals surface area contributed by atoms with Gasteiger partial charge in [0.25, 0.3) is 0 Å². The lowest BCUT2D eigenvalue weighted by Crippen LogP contribution is -2.02. The van der Waals surface area contributed by atoms with Gasteiger partial charge < -0.3 is 23.5 Å². The first kappa shape index (κ1) is 18.7. The molecule has 2 aromatic carbocycles. The van der Waals surface area contributed by atoms with Crippen molar-refractivity contribution in [1.29, 1.82) is 0 Å². The zero-order valence-electron chi connectivity index (χ0n) is 16.5. The van der Waals surface area contributed by atoms with E-state index in [-0.39, 0.29) is 0 Å². The van der Waals surface area contributed by atoms with E-state index in [0.29, 0.717) is 36.1 Å². The van der Waals surface area contributed by atoms with Gasteiger partial charge in [-0.25, -0.2) is 0 Å². The Balaban J connectivity index is 1.49. The highest BCUT2D eigenvalue weighted by atomic mass is 32.2. The van der Waals surface area contributed by atoms with Crippen molar-refractivity contribution >= 4 is 28.7 Å². The lowest BCUT2D eigenvalue weighted by molar-refractivity contribution is 0.360. The highest BCUT2D eigenvalue weighted by molar-refractivity contribution is 8.00. The summed E-state index contributed by atoms with van der Waals surface area (Å²) in [7, 11) is 3.26. The number of rotatable bonds is 7. The average Bonchev–Trinajstić information content (AvgIpc) is 3.52. The van der Waals surface area contributed by atoms with Crippen molar-refractivity contribution in [1.82, 2.24) is 14.9 Å². The number of hydrogen-bond acceptors (Lipinski definition) is 8. The Bertz CT molecular complexity index is 1170. The van der Waals surface area contributed by atoms with E-state index in [1.165, 1.54) is 17.5 Å². The minimum Gasteiger partial charge on any atom is -0.495 e. The Morgan fingerprint density at radius 3 is 2.77 bits per heavy atom. The summed E-state index contributed by atoms with van der Waals surface area (Å²) in [5.41, 5.74) is 2.97. The van der Waals surface area contributed by atoms with Crippen molar-refractivity contribution in [2.45, 2.75) is 17.9 Å². The molecule has 0 amide bonds. The summed E-state index contributed by atoms with van der Waals surface area (Å²) in [6.45, 7) is 1.30. The fraction of sp³-hybridized carbons (Fsp3) is 0.238. The van der Waals surface area contributed by atoms with Crippen molar-refractivity contribution < 1.29 is 18.7 Å². The molecule has 0 bridgehead atoms. The summed E-state index contributed by atoms with van der Waals surface area (Å²) >= 11 is 1.36. The molecule has 9 heteroatoms. The molecule has 0 spiro atoms. The fourth-order valence-corrected chi connectivity index (χ4v) is 4.49. The van der Waals surface area contributed by atoms with Crippen LogP contribution in [0.1, 0.15) is 11.1 Å². The fourth-order valence-electron chi connectivity index (χ4n) is 3.65. The SMILES string of the molecule is COc1cccc(OC)c1SNc1noc2cc(Cn3cccn3)c3c(c12)OCC3. The van der Waals surface area contributed by atoms with Gasteiger partial charge in [-0.2, -0.15) is 5.10 Å². The van der Waals surface area contributed by atoms with E-state index in [9.17, 15) is 0 Å². The molecule has 30 heavy (non-hydrogen) atoms. The molecule has 154 valence electrons. The highest BCUT2D eigenvalue weighted by Crippen LogP contribution is 2.43. The predicted octanol–water partition coefficient (Wildman–Crippen LogP) is 4.14. The first-order valence-corrected chi connectivity index (χ1v) is 10.3. The molecule has 1 aliphatic rings. The van der Waals surface area contributed by atoms with Crippen LogP contribution in [0.2, 0.25) is 0 Å². The molecular formula is C21H20N4O4S. The van der Waals surface area contributed by atoms with Gasteiger partial charge in [-0.05, 0) is 41.8 Å². The van der Waals surface area contributed by atoms with Gasteiger partial charge in [0.2, 0.25) is 0 Å². The van der Waals surface area contributed by atoms with Gasteiger partial charge in [0.05, 0.1) is 27.4 Å². The molecule has 0 radical (unpaired) electrons. The van der Waals surface area contributed by atoms with Crippen LogP contribution in [0.15, 0.2) is 52.1 Å². The topological polar surface area (TPSA) is 83.6 Å². The lowest BCUT2D eigenvalue weighted by Gasteiger charge is -2.12. The number of anilines is 1. The normalized spacial score (nSPS) is 12.6. The molecular weight excluding hydrogens is 404 g/mol. The van der Waals surface area contributed by atoms with Gasteiger partial charge in [0, 0.05) is 24.4 Å². The summed E-state index contributed by atoms with van der Waals surface area (Å²) < 4.78 is 27.7. The Morgan fingerprint density at radius 1 is 1.20 bits per heavy atom. The van der Waals surface area contributed by atoms with Crippen molar-refractivity contribution in [3.63, 3.8) is 0 Å². The number of ether oxygens (including phenoxy) is 3. The third kappa shape index (κ3) is 3.21. The summed E-state index contributed by atoms with van der Waals surface area (Å²) in [5.74, 6) is 2.85. The molecule has 0 fully saturated rings. The number of benzene rings is 2. The monoisotopic (exact) mass is 424 g/mol. The van der Waals surface area contributed by atoms with Crippen LogP contribution in [-0.2, 0) is 13.0 Å². The van der Waals surface area contributed by atoms with Crippen molar-refractivity contribution in [2.75, 3.05) is 25.5 Å². The van der Waals surface area contributed by atoms with E-state index in [0.717, 1.165) is 28.0 Å². The van der Waals surface area contributed by atoms with Crippen molar-refractivity contribution in [3.8, 4) is 17.2 Å². The second kappa shape index (κ2) is 7.83. The molecule has 1 aliphatic heterocycles. The zero-order valence-corrected chi connectivity index (χ0v) is 17.4. The van der Waals surface area contributed by atoms with Crippen LogP contribution in [0, 0.1) is 0 Å². The molecule has 0 atom stereocenters. The molecule has 0 saturated heterocycles. The van der Waals surface area contributed by atoms with Gasteiger partial charge in [-0.1, -0.05) is 11.2 Å². The maximum absolute atomic E-state index is 5.98. The van der Waals surface area contributed by atoms with E-state index < -0.39 is 0 Å². The average molecular weight is 424 g/mol. The number of methoxy groups -OCH3 is 2. The maximum Gasteiger partial charge on any atom is 0.191 e. The zero-order chi connectivity index (χ0) is 20.5.